The molecule has 2 aromatic rings. The van der Waals surface area contributed by atoms with E-state index in [2.05, 4.69) is 0 Å². The molecule has 25 heavy (non-hydrogen) atoms. The maximum absolute atomic E-state index is 13.9. The number of phenols is 2. The Morgan fingerprint density at radius 1 is 0.640 bits per heavy atom. The predicted octanol–water partition coefficient (Wildman–Crippen LogP) is 1.03. The van der Waals surface area contributed by atoms with E-state index in [-0.39, 0.29) is 20.2 Å². The average Bonchev–Trinajstić information content (AvgIpc) is 2.44. The number of hydrogen-bond acceptors (Lipinski definition) is 2. The summed E-state index contributed by atoms with van der Waals surface area (Å²) in [7, 11) is 0. The molecule has 136 valence electrons. The second-order valence-electron chi connectivity index (χ2n) is 5.29. The van der Waals surface area contributed by atoms with Gasteiger partial charge in [-0.3, -0.25) is 0 Å². The van der Waals surface area contributed by atoms with Gasteiger partial charge in [-0.15, -0.1) is 0 Å². The van der Waals surface area contributed by atoms with Crippen LogP contribution in [0.2, 0.25) is 0 Å². The van der Waals surface area contributed by atoms with Crippen molar-refractivity contribution >= 4 is 42.4 Å². The van der Waals surface area contributed by atoms with Crippen molar-refractivity contribution in [2.75, 3.05) is 0 Å². The SMILES string of the molecule is Oc1ccc(C(c2ccc(O)c([AsH2])c2)(C(F)(F)F)C(F)(F)F)cc1[AsH2]. The van der Waals surface area contributed by atoms with E-state index in [0.29, 0.717) is 58.0 Å². The number of rotatable bonds is 2. The van der Waals surface area contributed by atoms with E-state index in [1.54, 1.807) is 0 Å². The van der Waals surface area contributed by atoms with E-state index in [1.165, 1.54) is 0 Å². The summed E-state index contributed by atoms with van der Waals surface area (Å²) in [5, 5.41) is 19.0. The number of phenolic OH excluding ortho intramolecular Hbond substituents is 2. The van der Waals surface area contributed by atoms with Gasteiger partial charge in [0.15, 0.2) is 0 Å². The molecule has 0 aliphatic carbocycles. The molecule has 10 heteroatoms. The van der Waals surface area contributed by atoms with Crippen molar-refractivity contribution in [3.05, 3.63) is 47.5 Å². The molecule has 0 heterocycles. The zero-order chi connectivity index (χ0) is 19.2. The van der Waals surface area contributed by atoms with Crippen molar-refractivity contribution in [1.29, 1.82) is 0 Å². The van der Waals surface area contributed by atoms with Gasteiger partial charge in [0.2, 0.25) is 0 Å². The Morgan fingerprint density at radius 3 is 1.20 bits per heavy atom. The monoisotopic (exact) mass is 488 g/mol. The van der Waals surface area contributed by atoms with Gasteiger partial charge >= 0.3 is 156 Å². The van der Waals surface area contributed by atoms with Gasteiger partial charge in [-0.25, -0.2) is 0 Å². The number of aromatic hydroxyl groups is 2. The molecule has 2 aromatic carbocycles. The normalized spacial score (nSPS) is 13.1. The molecule has 0 aliphatic heterocycles. The Morgan fingerprint density at radius 2 is 0.960 bits per heavy atom. The number of benzene rings is 2. The second-order valence-corrected chi connectivity index (χ2v) is 7.90. The van der Waals surface area contributed by atoms with Crippen LogP contribution >= 0.6 is 0 Å². The molecule has 0 bridgehead atoms. The summed E-state index contributed by atoms with van der Waals surface area (Å²) < 4.78 is 83.1. The summed E-state index contributed by atoms with van der Waals surface area (Å²) >= 11 is 1.39. The van der Waals surface area contributed by atoms with Crippen molar-refractivity contribution in [3.8, 4) is 11.5 Å². The molecule has 0 saturated carbocycles. The van der Waals surface area contributed by atoms with Crippen molar-refractivity contribution < 1.29 is 36.6 Å². The van der Waals surface area contributed by atoms with Crippen LogP contribution in [0.4, 0.5) is 26.3 Å². The Hall–Kier alpha value is -1.26. The van der Waals surface area contributed by atoms with Gasteiger partial charge in [-0.2, -0.15) is 0 Å². The summed E-state index contributed by atoms with van der Waals surface area (Å²) in [6.07, 6.45) is -11.4. The Balaban J connectivity index is 2.96. The number of hydrogen-bond donors (Lipinski definition) is 2. The van der Waals surface area contributed by atoms with E-state index in [1.807, 2.05) is 0 Å². The van der Waals surface area contributed by atoms with Crippen LogP contribution in [0.5, 0.6) is 11.5 Å². The van der Waals surface area contributed by atoms with E-state index < -0.39 is 28.9 Å². The Labute approximate surface area is 155 Å². The predicted molar refractivity (Wildman–Crippen MR) is 85.5 cm³/mol. The van der Waals surface area contributed by atoms with Gasteiger partial charge in [0.05, 0.1) is 0 Å². The molecule has 2 N–H and O–H groups in total. The summed E-state index contributed by atoms with van der Waals surface area (Å²) in [6.45, 7) is 0. The summed E-state index contributed by atoms with van der Waals surface area (Å²) in [6, 6.07) is 4.26. The molecule has 0 aromatic heterocycles. The molecule has 2 atom stereocenters. The molecule has 2 nitrogen and oxygen atoms in total. The van der Waals surface area contributed by atoms with E-state index in [0.717, 1.165) is 12.1 Å². The van der Waals surface area contributed by atoms with Gasteiger partial charge < -0.3 is 0 Å². The van der Waals surface area contributed by atoms with Crippen LogP contribution in [-0.4, -0.2) is 56.3 Å². The standard InChI is InChI=1S/C15H12As2F6O2/c16-9-5-7(1-3-11(9)24)13(14(18,19)20,15(21,22)23)8-2-4-12(25)10(17)6-8/h1-6,24-25H,16-17H2. The molecule has 0 saturated heterocycles. The van der Waals surface area contributed by atoms with Gasteiger partial charge in [0, 0.05) is 0 Å². The van der Waals surface area contributed by atoms with E-state index >= 15 is 0 Å². The van der Waals surface area contributed by atoms with Crippen LogP contribution in [0, 0.1) is 0 Å². The second kappa shape index (κ2) is 6.47. The average molecular weight is 488 g/mol. The zero-order valence-corrected chi connectivity index (χ0v) is 17.1. The van der Waals surface area contributed by atoms with Crippen LogP contribution in [0.15, 0.2) is 36.4 Å². The molecular weight excluding hydrogens is 476 g/mol. The number of alkyl halides is 6. The third kappa shape index (κ3) is 3.26. The first-order chi connectivity index (χ1) is 11.3. The molecular formula is C15H12As2F6O2. The topological polar surface area (TPSA) is 40.5 Å². The van der Waals surface area contributed by atoms with Crippen molar-refractivity contribution in [2.24, 2.45) is 0 Å². The molecule has 0 aliphatic rings. The van der Waals surface area contributed by atoms with Crippen molar-refractivity contribution in [3.63, 3.8) is 0 Å². The molecule has 0 radical (unpaired) electrons. The molecule has 0 fully saturated rings. The minimum atomic E-state index is -5.70. The fourth-order valence-electron chi connectivity index (χ4n) is 2.56. The zero-order valence-electron chi connectivity index (χ0n) is 12.3. The summed E-state index contributed by atoms with van der Waals surface area (Å²) in [5.74, 6) is -0.764. The van der Waals surface area contributed by atoms with E-state index in [4.69, 9.17) is 0 Å². The molecule has 2 rings (SSSR count). The molecule has 2 unspecified atom stereocenters. The van der Waals surface area contributed by atoms with E-state index in [9.17, 15) is 36.6 Å². The van der Waals surface area contributed by atoms with Crippen LogP contribution in [-0.2, 0) is 5.41 Å². The van der Waals surface area contributed by atoms with Crippen LogP contribution < -0.4 is 8.70 Å². The number of halogens is 6. The van der Waals surface area contributed by atoms with Crippen molar-refractivity contribution in [2.45, 2.75) is 17.8 Å². The Kier molecular flexibility index (Phi) is 5.19. The first-order valence-corrected chi connectivity index (χ1v) is 9.06. The fourth-order valence-corrected chi connectivity index (χ4v) is 3.71. The van der Waals surface area contributed by atoms with Gasteiger partial charge in [-0.05, 0) is 0 Å². The summed E-state index contributed by atoms with van der Waals surface area (Å²) in [5.41, 5.74) is -6.35. The first-order valence-electron chi connectivity index (χ1n) is 6.63. The van der Waals surface area contributed by atoms with Crippen LogP contribution in [0.1, 0.15) is 11.1 Å². The third-order valence-corrected chi connectivity index (χ3v) is 5.71. The molecule has 0 amide bonds. The van der Waals surface area contributed by atoms with Gasteiger partial charge in [0.25, 0.3) is 0 Å². The minimum absolute atomic E-state index is 0.0532. The van der Waals surface area contributed by atoms with Gasteiger partial charge in [-0.1, -0.05) is 0 Å². The van der Waals surface area contributed by atoms with Crippen LogP contribution in [0.3, 0.4) is 0 Å². The summed E-state index contributed by atoms with van der Waals surface area (Å²) in [4.78, 5) is 0. The quantitative estimate of drug-likeness (QED) is 0.490. The van der Waals surface area contributed by atoms with Crippen LogP contribution in [0.25, 0.3) is 0 Å². The first kappa shape index (κ1) is 20.1. The fraction of sp³-hybridized carbons (Fsp3) is 0.200. The maximum atomic E-state index is 13.9. The van der Waals surface area contributed by atoms with Crippen molar-refractivity contribution in [1.82, 2.24) is 0 Å². The molecule has 0 spiro atoms. The Bertz CT molecular complexity index is 734. The van der Waals surface area contributed by atoms with Gasteiger partial charge in [0.1, 0.15) is 0 Å². The third-order valence-electron chi connectivity index (χ3n) is 3.77.